The van der Waals surface area contributed by atoms with Crippen LogP contribution in [-0.2, 0) is 13.1 Å². The standard InChI is InChI=1S/C22H24F2N4O4/c1-11(2)27-8-12(3)28-17(27)10-26-9-15(19(29)20(30)18(26)22(28)32)21(31)25-7-13-4-5-14(23)6-16(13)24/h4-6,9,11-12,17,30H,7-8,10H2,1-3H3,(H,25,31)/p-1/t12-,17+/m1/s1. The van der Waals surface area contributed by atoms with Gasteiger partial charge in [-0.1, -0.05) is 6.07 Å². The lowest BCUT2D eigenvalue weighted by molar-refractivity contribution is -0.271. The molecule has 170 valence electrons. The Morgan fingerprint density at radius 1 is 1.25 bits per heavy atom. The monoisotopic (exact) mass is 445 g/mol. The van der Waals surface area contributed by atoms with Gasteiger partial charge in [0.1, 0.15) is 29.1 Å². The van der Waals surface area contributed by atoms with Crippen molar-refractivity contribution in [3.8, 4) is 5.75 Å². The topological polar surface area (TPSA) is 97.7 Å². The molecule has 1 saturated heterocycles. The van der Waals surface area contributed by atoms with E-state index in [1.54, 1.807) is 4.90 Å². The Bertz CT molecular complexity index is 1160. The third kappa shape index (κ3) is 3.54. The van der Waals surface area contributed by atoms with Crippen LogP contribution in [0.15, 0.2) is 29.2 Å². The first-order valence-corrected chi connectivity index (χ1v) is 10.3. The number of rotatable bonds is 4. The molecule has 1 fully saturated rings. The van der Waals surface area contributed by atoms with Crippen LogP contribution in [0.25, 0.3) is 0 Å². The molecule has 2 aliphatic heterocycles. The van der Waals surface area contributed by atoms with Crippen LogP contribution < -0.4 is 15.9 Å². The first kappa shape index (κ1) is 21.9. The first-order chi connectivity index (χ1) is 15.1. The van der Waals surface area contributed by atoms with Crippen LogP contribution in [0.3, 0.4) is 0 Å². The minimum absolute atomic E-state index is 0.0264. The van der Waals surface area contributed by atoms with Crippen molar-refractivity contribution in [3.63, 3.8) is 0 Å². The molecule has 2 aliphatic rings. The molecular formula is C22H23F2N4O4-. The number of benzene rings is 1. The number of carbonyl (C=O) groups is 2. The average molecular weight is 445 g/mol. The zero-order chi connectivity index (χ0) is 23.3. The molecule has 8 nitrogen and oxygen atoms in total. The van der Waals surface area contributed by atoms with Crippen molar-refractivity contribution >= 4 is 11.8 Å². The quantitative estimate of drug-likeness (QED) is 0.758. The van der Waals surface area contributed by atoms with E-state index in [-0.39, 0.29) is 42.6 Å². The summed E-state index contributed by atoms with van der Waals surface area (Å²) < 4.78 is 28.2. The van der Waals surface area contributed by atoms with Gasteiger partial charge in [-0.3, -0.25) is 19.3 Å². The Morgan fingerprint density at radius 3 is 2.62 bits per heavy atom. The summed E-state index contributed by atoms with van der Waals surface area (Å²) in [5.41, 5.74) is -1.75. The molecule has 4 rings (SSSR count). The number of hydrogen-bond acceptors (Lipinski definition) is 5. The van der Waals surface area contributed by atoms with Gasteiger partial charge in [0.2, 0.25) is 0 Å². The van der Waals surface area contributed by atoms with E-state index in [4.69, 9.17) is 0 Å². The van der Waals surface area contributed by atoms with Gasteiger partial charge in [-0.2, -0.15) is 0 Å². The van der Waals surface area contributed by atoms with E-state index in [1.165, 1.54) is 16.8 Å². The fraction of sp³-hybridized carbons (Fsp3) is 0.409. The van der Waals surface area contributed by atoms with Gasteiger partial charge in [0.15, 0.2) is 5.43 Å². The maximum atomic E-state index is 13.8. The molecule has 0 spiro atoms. The highest BCUT2D eigenvalue weighted by molar-refractivity contribution is 5.99. The SMILES string of the molecule is CC(C)N1C[C@@H](C)N2C(=O)c3c([O-])c(=O)c(C(=O)NCc4ccc(F)cc4F)cn3C[C@@H]12. The number of amides is 2. The summed E-state index contributed by atoms with van der Waals surface area (Å²) in [5, 5.41) is 15.1. The summed E-state index contributed by atoms with van der Waals surface area (Å²) in [4.78, 5) is 42.1. The van der Waals surface area contributed by atoms with Crippen molar-refractivity contribution in [2.45, 2.75) is 52.1 Å². The van der Waals surface area contributed by atoms with E-state index in [2.05, 4.69) is 10.2 Å². The van der Waals surface area contributed by atoms with Crippen molar-refractivity contribution in [3.05, 3.63) is 63.1 Å². The number of nitrogens with one attached hydrogen (secondary N) is 1. The van der Waals surface area contributed by atoms with Gasteiger partial charge in [0.05, 0.1) is 6.54 Å². The van der Waals surface area contributed by atoms with E-state index in [0.29, 0.717) is 12.6 Å². The number of fused-ring (bicyclic) bond motifs is 2. The fourth-order valence-electron chi connectivity index (χ4n) is 4.45. The highest BCUT2D eigenvalue weighted by Gasteiger charge is 2.45. The molecule has 2 aromatic rings. The van der Waals surface area contributed by atoms with Crippen molar-refractivity contribution in [2.75, 3.05) is 6.54 Å². The molecule has 0 radical (unpaired) electrons. The summed E-state index contributed by atoms with van der Waals surface area (Å²) in [5.74, 6) is -4.03. The van der Waals surface area contributed by atoms with Crippen LogP contribution >= 0.6 is 0 Å². The Labute approximate surface area is 183 Å². The summed E-state index contributed by atoms with van der Waals surface area (Å²) in [6, 6.07) is 2.95. The van der Waals surface area contributed by atoms with E-state index < -0.39 is 40.2 Å². The Morgan fingerprint density at radius 2 is 1.97 bits per heavy atom. The van der Waals surface area contributed by atoms with Gasteiger partial charge in [-0.15, -0.1) is 0 Å². The van der Waals surface area contributed by atoms with Gasteiger partial charge in [-0.05, 0) is 32.6 Å². The maximum absolute atomic E-state index is 13.8. The molecule has 10 heteroatoms. The molecule has 2 amide bonds. The van der Waals surface area contributed by atoms with Crippen LogP contribution in [0, 0.1) is 11.6 Å². The predicted molar refractivity (Wildman–Crippen MR) is 109 cm³/mol. The smallest absolute Gasteiger partial charge is 0.271 e. The summed E-state index contributed by atoms with van der Waals surface area (Å²) >= 11 is 0. The molecule has 0 unspecified atom stereocenters. The van der Waals surface area contributed by atoms with Crippen LogP contribution in [0.4, 0.5) is 8.78 Å². The highest BCUT2D eigenvalue weighted by Crippen LogP contribution is 2.31. The van der Waals surface area contributed by atoms with E-state index >= 15 is 0 Å². The van der Waals surface area contributed by atoms with Gasteiger partial charge in [-0.25, -0.2) is 8.78 Å². The number of pyridine rings is 1. The molecule has 0 bridgehead atoms. The fourth-order valence-corrected chi connectivity index (χ4v) is 4.45. The third-order valence-corrected chi connectivity index (χ3v) is 6.05. The van der Waals surface area contributed by atoms with Crippen molar-refractivity contribution in [1.29, 1.82) is 0 Å². The van der Waals surface area contributed by atoms with Crippen LogP contribution in [-0.4, -0.2) is 51.0 Å². The van der Waals surface area contributed by atoms with Gasteiger partial charge < -0.3 is 19.9 Å². The van der Waals surface area contributed by atoms with Gasteiger partial charge in [0, 0.05) is 43.0 Å². The normalized spacial score (nSPS) is 20.4. The van der Waals surface area contributed by atoms with Crippen LogP contribution in [0.2, 0.25) is 0 Å². The zero-order valence-electron chi connectivity index (χ0n) is 17.9. The molecule has 0 aliphatic carbocycles. The van der Waals surface area contributed by atoms with Gasteiger partial charge >= 0.3 is 0 Å². The summed E-state index contributed by atoms with van der Waals surface area (Å²) in [6.45, 7) is 6.49. The third-order valence-electron chi connectivity index (χ3n) is 6.05. The molecule has 0 saturated carbocycles. The molecule has 32 heavy (non-hydrogen) atoms. The van der Waals surface area contributed by atoms with Crippen LogP contribution in [0.1, 0.15) is 47.2 Å². The summed E-state index contributed by atoms with van der Waals surface area (Å²) in [7, 11) is 0. The second-order valence-corrected chi connectivity index (χ2v) is 8.45. The maximum Gasteiger partial charge on any atom is 0.271 e. The second kappa shape index (κ2) is 8.01. The molecule has 1 N–H and O–H groups in total. The first-order valence-electron chi connectivity index (χ1n) is 10.3. The van der Waals surface area contributed by atoms with Crippen molar-refractivity contribution < 1.29 is 23.5 Å². The Hall–Kier alpha value is -3.27. The Balaban J connectivity index is 1.65. The zero-order valence-corrected chi connectivity index (χ0v) is 17.9. The molecule has 3 heterocycles. The van der Waals surface area contributed by atoms with E-state index in [0.717, 1.165) is 6.07 Å². The number of halogens is 2. The lowest BCUT2D eigenvalue weighted by Gasteiger charge is -2.39. The number of nitrogens with zero attached hydrogens (tertiary/aromatic N) is 3. The van der Waals surface area contributed by atoms with Crippen LogP contribution in [0.5, 0.6) is 5.75 Å². The van der Waals surface area contributed by atoms with Gasteiger partial charge in [0.25, 0.3) is 11.8 Å². The largest absolute Gasteiger partial charge is 0.868 e. The van der Waals surface area contributed by atoms with Crippen molar-refractivity contribution in [1.82, 2.24) is 19.7 Å². The number of aromatic nitrogens is 1. The molecular weight excluding hydrogens is 422 g/mol. The van der Waals surface area contributed by atoms with E-state index in [1.807, 2.05) is 20.8 Å². The average Bonchev–Trinajstić information content (AvgIpc) is 3.06. The summed E-state index contributed by atoms with van der Waals surface area (Å²) in [6.07, 6.45) is 0.919. The second-order valence-electron chi connectivity index (χ2n) is 8.45. The van der Waals surface area contributed by atoms with E-state index in [9.17, 15) is 28.3 Å². The molecule has 2 atom stereocenters. The lowest BCUT2D eigenvalue weighted by Crippen LogP contribution is -2.53. The predicted octanol–water partition coefficient (Wildman–Crippen LogP) is 1.02. The Kier molecular flexibility index (Phi) is 5.49. The number of hydrogen-bond donors (Lipinski definition) is 1. The number of carbonyl (C=O) groups excluding carboxylic acids is 2. The molecule has 1 aromatic carbocycles. The highest BCUT2D eigenvalue weighted by atomic mass is 19.1. The van der Waals surface area contributed by atoms with Crippen molar-refractivity contribution in [2.24, 2.45) is 0 Å². The molecule has 1 aromatic heterocycles. The lowest BCUT2D eigenvalue weighted by atomic mass is 10.1. The minimum atomic E-state index is -1.09. The minimum Gasteiger partial charge on any atom is -0.868 e.